The van der Waals surface area contributed by atoms with Gasteiger partial charge in [-0.25, -0.2) is 4.39 Å². The molecule has 0 bridgehead atoms. The summed E-state index contributed by atoms with van der Waals surface area (Å²) in [5.74, 6) is 0.0646. The molecule has 0 radical (unpaired) electrons. The molecule has 2 nitrogen and oxygen atoms in total. The molecule has 0 amide bonds. The third-order valence-electron chi connectivity index (χ3n) is 2.35. The summed E-state index contributed by atoms with van der Waals surface area (Å²) in [6.07, 6.45) is 0. The van der Waals surface area contributed by atoms with E-state index in [4.69, 9.17) is 22.1 Å². The fourth-order valence-electron chi connectivity index (χ4n) is 1.43. The van der Waals surface area contributed by atoms with Crippen molar-refractivity contribution in [3.63, 3.8) is 0 Å². The summed E-state index contributed by atoms with van der Waals surface area (Å²) in [5, 5.41) is 0.400. The highest BCUT2D eigenvalue weighted by Gasteiger charge is 2.08. The molecular formula is C13H10BrClFNO. The minimum absolute atomic E-state index is 0.117. The van der Waals surface area contributed by atoms with Crippen LogP contribution >= 0.6 is 27.5 Å². The first-order chi connectivity index (χ1) is 8.60. The summed E-state index contributed by atoms with van der Waals surface area (Å²) in [7, 11) is 0. The van der Waals surface area contributed by atoms with Gasteiger partial charge >= 0.3 is 0 Å². The molecule has 2 aromatic rings. The smallest absolute Gasteiger partial charge is 0.165 e. The monoisotopic (exact) mass is 329 g/mol. The van der Waals surface area contributed by atoms with E-state index in [0.29, 0.717) is 17.3 Å². The standard InChI is InChI=1S/C13H10BrClFNO/c14-9-2-3-11(16)13(6-9)18-12-4-1-8(7-17)5-10(12)15/h1-6H,7,17H2. The van der Waals surface area contributed by atoms with Crippen molar-refractivity contribution >= 4 is 27.5 Å². The maximum atomic E-state index is 13.5. The number of benzene rings is 2. The van der Waals surface area contributed by atoms with E-state index in [1.54, 1.807) is 30.3 Å². The van der Waals surface area contributed by atoms with E-state index in [2.05, 4.69) is 15.9 Å². The van der Waals surface area contributed by atoms with Crippen molar-refractivity contribution in [2.45, 2.75) is 6.54 Å². The molecule has 5 heteroatoms. The van der Waals surface area contributed by atoms with E-state index in [9.17, 15) is 4.39 Å². The lowest BCUT2D eigenvalue weighted by atomic mass is 10.2. The number of ether oxygens (including phenoxy) is 1. The molecule has 2 aromatic carbocycles. The average Bonchev–Trinajstić information content (AvgIpc) is 2.36. The summed E-state index contributed by atoms with van der Waals surface area (Å²) in [6, 6.07) is 9.63. The molecule has 2 N–H and O–H groups in total. The van der Waals surface area contributed by atoms with Crippen molar-refractivity contribution in [2.24, 2.45) is 5.73 Å². The molecule has 18 heavy (non-hydrogen) atoms. The van der Waals surface area contributed by atoms with Gasteiger partial charge in [-0.15, -0.1) is 0 Å². The lowest BCUT2D eigenvalue weighted by Gasteiger charge is -2.09. The van der Waals surface area contributed by atoms with Crippen LogP contribution < -0.4 is 10.5 Å². The third-order valence-corrected chi connectivity index (χ3v) is 3.13. The van der Waals surface area contributed by atoms with Gasteiger partial charge in [0.15, 0.2) is 11.6 Å². The molecule has 0 saturated carbocycles. The van der Waals surface area contributed by atoms with Crippen LogP contribution in [0.2, 0.25) is 5.02 Å². The largest absolute Gasteiger partial charge is 0.453 e. The van der Waals surface area contributed by atoms with Gasteiger partial charge in [0, 0.05) is 11.0 Å². The molecule has 0 fully saturated rings. The van der Waals surface area contributed by atoms with Gasteiger partial charge in [-0.05, 0) is 35.9 Å². The number of nitrogens with two attached hydrogens (primary N) is 1. The molecular weight excluding hydrogens is 321 g/mol. The van der Waals surface area contributed by atoms with Crippen LogP contribution in [0, 0.1) is 5.82 Å². The molecule has 2 rings (SSSR count). The van der Waals surface area contributed by atoms with Crippen molar-refractivity contribution in [1.82, 2.24) is 0 Å². The Morgan fingerprint density at radius 2 is 1.94 bits per heavy atom. The Kier molecular flexibility index (Phi) is 4.22. The van der Waals surface area contributed by atoms with Gasteiger partial charge in [0.25, 0.3) is 0 Å². The minimum atomic E-state index is -0.447. The second kappa shape index (κ2) is 5.69. The Morgan fingerprint density at radius 3 is 2.61 bits per heavy atom. The van der Waals surface area contributed by atoms with E-state index in [-0.39, 0.29) is 5.75 Å². The summed E-state index contributed by atoms with van der Waals surface area (Å²) in [6.45, 7) is 0.394. The maximum absolute atomic E-state index is 13.5. The predicted octanol–water partition coefficient (Wildman–Crippen LogP) is 4.49. The van der Waals surface area contributed by atoms with Crippen LogP contribution in [-0.4, -0.2) is 0 Å². The zero-order valence-electron chi connectivity index (χ0n) is 9.29. The van der Waals surface area contributed by atoms with E-state index >= 15 is 0 Å². The lowest BCUT2D eigenvalue weighted by Crippen LogP contribution is -1.96. The van der Waals surface area contributed by atoms with Crippen molar-refractivity contribution in [3.8, 4) is 11.5 Å². The fourth-order valence-corrected chi connectivity index (χ4v) is 2.01. The molecule has 0 aliphatic carbocycles. The van der Waals surface area contributed by atoms with Crippen LogP contribution in [0.1, 0.15) is 5.56 Å². The Bertz CT molecular complexity index is 577. The second-order valence-corrected chi connectivity index (χ2v) is 4.97. The number of hydrogen-bond acceptors (Lipinski definition) is 2. The first-order valence-electron chi connectivity index (χ1n) is 5.21. The van der Waals surface area contributed by atoms with Gasteiger partial charge in [-0.2, -0.15) is 0 Å². The van der Waals surface area contributed by atoms with Gasteiger partial charge in [-0.3, -0.25) is 0 Å². The van der Waals surface area contributed by atoms with Crippen LogP contribution in [0.5, 0.6) is 11.5 Å². The molecule has 0 aliphatic rings. The highest BCUT2D eigenvalue weighted by Crippen LogP contribution is 2.32. The summed E-state index contributed by atoms with van der Waals surface area (Å²) < 4.78 is 19.7. The Hall–Kier alpha value is -1.10. The minimum Gasteiger partial charge on any atom is -0.453 e. The van der Waals surface area contributed by atoms with E-state index in [0.717, 1.165) is 10.0 Å². The number of halogens is 3. The number of rotatable bonds is 3. The number of hydrogen-bond donors (Lipinski definition) is 1. The van der Waals surface area contributed by atoms with E-state index in [1.165, 1.54) is 6.07 Å². The topological polar surface area (TPSA) is 35.2 Å². The Balaban J connectivity index is 2.31. The van der Waals surface area contributed by atoms with Crippen molar-refractivity contribution < 1.29 is 9.13 Å². The van der Waals surface area contributed by atoms with Crippen molar-refractivity contribution in [1.29, 1.82) is 0 Å². The lowest BCUT2D eigenvalue weighted by molar-refractivity contribution is 0.442. The highest BCUT2D eigenvalue weighted by molar-refractivity contribution is 9.10. The van der Waals surface area contributed by atoms with E-state index < -0.39 is 5.82 Å². The predicted molar refractivity (Wildman–Crippen MR) is 73.5 cm³/mol. The van der Waals surface area contributed by atoms with Crippen molar-refractivity contribution in [2.75, 3.05) is 0 Å². The molecule has 0 aromatic heterocycles. The molecule has 94 valence electrons. The first kappa shape index (κ1) is 13.3. The summed E-state index contributed by atoms with van der Waals surface area (Å²) >= 11 is 9.29. The maximum Gasteiger partial charge on any atom is 0.165 e. The normalized spacial score (nSPS) is 10.4. The average molecular weight is 331 g/mol. The molecule has 0 spiro atoms. The Labute approximate surface area is 118 Å². The van der Waals surface area contributed by atoms with Crippen molar-refractivity contribution in [3.05, 3.63) is 57.3 Å². The van der Waals surface area contributed by atoms with Crippen LogP contribution in [0.15, 0.2) is 40.9 Å². The molecule has 0 atom stereocenters. The summed E-state index contributed by atoms with van der Waals surface area (Å²) in [4.78, 5) is 0. The highest BCUT2D eigenvalue weighted by atomic mass is 79.9. The zero-order valence-corrected chi connectivity index (χ0v) is 11.6. The first-order valence-corrected chi connectivity index (χ1v) is 6.38. The van der Waals surface area contributed by atoms with Gasteiger partial charge in [-0.1, -0.05) is 33.6 Å². The summed E-state index contributed by atoms with van der Waals surface area (Å²) in [5.41, 5.74) is 6.39. The molecule has 0 unspecified atom stereocenters. The Morgan fingerprint density at radius 1 is 1.17 bits per heavy atom. The zero-order chi connectivity index (χ0) is 13.1. The quantitative estimate of drug-likeness (QED) is 0.899. The van der Waals surface area contributed by atoms with Gasteiger partial charge in [0.05, 0.1) is 5.02 Å². The van der Waals surface area contributed by atoms with Crippen LogP contribution in [0.4, 0.5) is 4.39 Å². The van der Waals surface area contributed by atoms with Gasteiger partial charge in [0.2, 0.25) is 0 Å². The van der Waals surface area contributed by atoms with Crippen LogP contribution in [0.25, 0.3) is 0 Å². The van der Waals surface area contributed by atoms with Gasteiger partial charge in [0.1, 0.15) is 5.75 Å². The van der Waals surface area contributed by atoms with E-state index in [1.807, 2.05) is 0 Å². The fraction of sp³-hybridized carbons (Fsp3) is 0.0769. The van der Waals surface area contributed by atoms with Crippen LogP contribution in [0.3, 0.4) is 0 Å². The SMILES string of the molecule is NCc1ccc(Oc2cc(Br)ccc2F)c(Cl)c1. The molecule has 0 saturated heterocycles. The third kappa shape index (κ3) is 3.02. The molecule has 0 heterocycles. The van der Waals surface area contributed by atoms with Crippen LogP contribution in [-0.2, 0) is 6.54 Å². The second-order valence-electron chi connectivity index (χ2n) is 3.65. The van der Waals surface area contributed by atoms with Gasteiger partial charge < -0.3 is 10.5 Å². The molecule has 0 aliphatic heterocycles.